The highest BCUT2D eigenvalue weighted by Crippen LogP contribution is 2.28. The van der Waals surface area contributed by atoms with Crippen molar-refractivity contribution >= 4 is 11.5 Å². The van der Waals surface area contributed by atoms with Gasteiger partial charge in [0.05, 0.1) is 5.69 Å². The van der Waals surface area contributed by atoms with Crippen LogP contribution >= 0.6 is 0 Å². The summed E-state index contributed by atoms with van der Waals surface area (Å²) in [6.45, 7) is 4.17. The van der Waals surface area contributed by atoms with Crippen LogP contribution in [0.25, 0.3) is 0 Å². The van der Waals surface area contributed by atoms with E-state index in [9.17, 15) is 0 Å². The number of piperidine rings is 1. The molecule has 3 N–H and O–H groups in total. The summed E-state index contributed by atoms with van der Waals surface area (Å²) in [6, 6.07) is 6.69. The van der Waals surface area contributed by atoms with E-state index in [1.54, 1.807) is 0 Å². The number of nitrogens with two attached hydrogens (primary N) is 1. The molecule has 0 spiro atoms. The van der Waals surface area contributed by atoms with Gasteiger partial charge in [0.25, 0.3) is 0 Å². The number of hydrogen-bond acceptors (Lipinski definition) is 3. The van der Waals surface area contributed by atoms with Gasteiger partial charge in [0.2, 0.25) is 0 Å². The molecule has 104 valence electrons. The van der Waals surface area contributed by atoms with Crippen LogP contribution < -0.4 is 10.6 Å². The lowest BCUT2D eigenvalue weighted by Crippen LogP contribution is -2.42. The Kier molecular flexibility index (Phi) is 4.10. The maximum Gasteiger partial charge on any atom is 0.124 e. The van der Waals surface area contributed by atoms with E-state index >= 15 is 0 Å². The normalized spacial score (nSPS) is 16.9. The quantitative estimate of drug-likeness (QED) is 0.644. The second-order valence-corrected chi connectivity index (χ2v) is 5.57. The zero-order valence-electron chi connectivity index (χ0n) is 12.1. The molecule has 1 aliphatic heterocycles. The average molecular weight is 260 g/mol. The second-order valence-electron chi connectivity index (χ2n) is 5.57. The minimum Gasteiger partial charge on any atom is -0.384 e. The van der Waals surface area contributed by atoms with Crippen LogP contribution in [0.5, 0.6) is 0 Å². The van der Waals surface area contributed by atoms with Gasteiger partial charge >= 0.3 is 0 Å². The molecule has 0 aromatic heterocycles. The number of amidine groups is 1. The number of rotatable bonds is 3. The van der Waals surface area contributed by atoms with E-state index in [0.717, 1.165) is 24.3 Å². The van der Waals surface area contributed by atoms with Crippen molar-refractivity contribution in [3.8, 4) is 0 Å². The van der Waals surface area contributed by atoms with Gasteiger partial charge in [-0.1, -0.05) is 12.1 Å². The zero-order chi connectivity index (χ0) is 14.0. The first-order valence-electron chi connectivity index (χ1n) is 6.86. The Hall–Kier alpha value is -1.55. The van der Waals surface area contributed by atoms with Crippen LogP contribution in [0.15, 0.2) is 18.2 Å². The summed E-state index contributed by atoms with van der Waals surface area (Å²) in [5.74, 6) is 0.161. The fourth-order valence-electron chi connectivity index (χ4n) is 2.90. The molecule has 0 unspecified atom stereocenters. The van der Waals surface area contributed by atoms with E-state index in [0.29, 0.717) is 6.04 Å². The third-order valence-electron chi connectivity index (χ3n) is 4.04. The number of hydrogen-bond donors (Lipinski definition) is 2. The number of aryl methyl sites for hydroxylation is 1. The Labute approximate surface area is 115 Å². The van der Waals surface area contributed by atoms with Crippen molar-refractivity contribution in [2.45, 2.75) is 25.8 Å². The van der Waals surface area contributed by atoms with Crippen molar-refractivity contribution in [2.24, 2.45) is 5.73 Å². The Morgan fingerprint density at radius 3 is 2.47 bits per heavy atom. The molecular formula is C15H24N4. The largest absolute Gasteiger partial charge is 0.384 e. The van der Waals surface area contributed by atoms with Gasteiger partial charge in [0.1, 0.15) is 5.84 Å². The van der Waals surface area contributed by atoms with Crippen molar-refractivity contribution in [2.75, 3.05) is 32.1 Å². The summed E-state index contributed by atoms with van der Waals surface area (Å²) in [7, 11) is 4.30. The van der Waals surface area contributed by atoms with Gasteiger partial charge in [-0.3, -0.25) is 5.41 Å². The van der Waals surface area contributed by atoms with Crippen LogP contribution in [0.1, 0.15) is 24.0 Å². The second kappa shape index (κ2) is 5.61. The zero-order valence-corrected chi connectivity index (χ0v) is 12.1. The highest BCUT2D eigenvalue weighted by Gasteiger charge is 2.23. The summed E-state index contributed by atoms with van der Waals surface area (Å²) in [5, 5.41) is 7.74. The number of benzene rings is 1. The minimum atomic E-state index is 0.161. The predicted octanol–water partition coefficient (Wildman–Crippen LogP) is 1.81. The lowest BCUT2D eigenvalue weighted by atomic mass is 10.00. The molecule has 1 aromatic carbocycles. The SMILES string of the molecule is Cc1cccc(C(=N)N)c1N1CCC(N(C)C)CC1. The molecular weight excluding hydrogens is 236 g/mol. The molecule has 1 aliphatic rings. The van der Waals surface area contributed by atoms with E-state index < -0.39 is 0 Å². The first-order valence-corrected chi connectivity index (χ1v) is 6.86. The van der Waals surface area contributed by atoms with Crippen molar-refractivity contribution in [1.82, 2.24) is 4.90 Å². The van der Waals surface area contributed by atoms with E-state index in [2.05, 4.69) is 36.9 Å². The van der Waals surface area contributed by atoms with E-state index in [1.165, 1.54) is 18.4 Å². The van der Waals surface area contributed by atoms with Crippen LogP contribution in [0, 0.1) is 12.3 Å². The first-order chi connectivity index (χ1) is 9.00. The fraction of sp³-hybridized carbons (Fsp3) is 0.533. The predicted molar refractivity (Wildman–Crippen MR) is 81.1 cm³/mol. The molecule has 1 fully saturated rings. The van der Waals surface area contributed by atoms with E-state index in [-0.39, 0.29) is 5.84 Å². The molecule has 0 atom stereocenters. The topological polar surface area (TPSA) is 56.4 Å². The summed E-state index contributed by atoms with van der Waals surface area (Å²) in [5.41, 5.74) is 8.93. The summed E-state index contributed by atoms with van der Waals surface area (Å²) < 4.78 is 0. The fourth-order valence-corrected chi connectivity index (χ4v) is 2.90. The van der Waals surface area contributed by atoms with Crippen molar-refractivity contribution < 1.29 is 0 Å². The van der Waals surface area contributed by atoms with Crippen molar-refractivity contribution in [3.63, 3.8) is 0 Å². The van der Waals surface area contributed by atoms with Crippen molar-refractivity contribution in [3.05, 3.63) is 29.3 Å². The number of nitrogens with zero attached hydrogens (tertiary/aromatic N) is 2. The molecule has 1 heterocycles. The van der Waals surface area contributed by atoms with E-state index in [4.69, 9.17) is 11.1 Å². The summed E-state index contributed by atoms with van der Waals surface area (Å²) in [6.07, 6.45) is 2.33. The summed E-state index contributed by atoms with van der Waals surface area (Å²) in [4.78, 5) is 4.69. The highest BCUT2D eigenvalue weighted by molar-refractivity contribution is 6.01. The minimum absolute atomic E-state index is 0.161. The van der Waals surface area contributed by atoms with Crippen molar-refractivity contribution in [1.29, 1.82) is 5.41 Å². The molecule has 2 rings (SSSR count). The average Bonchev–Trinajstić information content (AvgIpc) is 2.38. The summed E-state index contributed by atoms with van der Waals surface area (Å²) >= 11 is 0. The lowest BCUT2D eigenvalue weighted by molar-refractivity contribution is 0.249. The van der Waals surface area contributed by atoms with Crippen LogP contribution in [-0.4, -0.2) is 44.0 Å². The molecule has 0 saturated carbocycles. The monoisotopic (exact) mass is 260 g/mol. The first kappa shape index (κ1) is 13.9. The van der Waals surface area contributed by atoms with Gasteiger partial charge in [-0.15, -0.1) is 0 Å². The number of nitrogen functional groups attached to an aromatic ring is 1. The standard InChI is InChI=1S/C15H24N4/c1-11-5-4-6-13(15(16)17)14(11)19-9-7-12(8-10-19)18(2)3/h4-6,12H,7-10H2,1-3H3,(H3,16,17). The smallest absolute Gasteiger partial charge is 0.124 e. The Morgan fingerprint density at radius 2 is 1.95 bits per heavy atom. The number of nitrogens with one attached hydrogen (secondary N) is 1. The van der Waals surface area contributed by atoms with Crippen LogP contribution in [-0.2, 0) is 0 Å². The Morgan fingerprint density at radius 1 is 1.32 bits per heavy atom. The molecule has 1 saturated heterocycles. The van der Waals surface area contributed by atoms with Gasteiger partial charge in [0, 0.05) is 24.7 Å². The Bertz CT molecular complexity index is 459. The molecule has 19 heavy (non-hydrogen) atoms. The molecule has 0 bridgehead atoms. The van der Waals surface area contributed by atoms with Crippen LogP contribution in [0.4, 0.5) is 5.69 Å². The maximum absolute atomic E-state index is 7.74. The molecule has 0 amide bonds. The van der Waals surface area contributed by atoms with Gasteiger partial charge in [-0.2, -0.15) is 0 Å². The highest BCUT2D eigenvalue weighted by atomic mass is 15.2. The van der Waals surface area contributed by atoms with E-state index in [1.807, 2.05) is 12.1 Å². The molecule has 4 heteroatoms. The molecule has 4 nitrogen and oxygen atoms in total. The molecule has 0 aliphatic carbocycles. The third kappa shape index (κ3) is 2.89. The maximum atomic E-state index is 7.74. The third-order valence-corrected chi connectivity index (χ3v) is 4.04. The van der Waals surface area contributed by atoms with Gasteiger partial charge in [0.15, 0.2) is 0 Å². The van der Waals surface area contributed by atoms with Gasteiger partial charge in [-0.25, -0.2) is 0 Å². The van der Waals surface area contributed by atoms with Crippen LogP contribution in [0.3, 0.4) is 0 Å². The number of para-hydroxylation sites is 1. The molecule has 0 radical (unpaired) electrons. The van der Waals surface area contributed by atoms with Gasteiger partial charge < -0.3 is 15.5 Å². The van der Waals surface area contributed by atoms with Gasteiger partial charge in [-0.05, 0) is 45.5 Å². The number of anilines is 1. The van der Waals surface area contributed by atoms with Crippen LogP contribution in [0.2, 0.25) is 0 Å². The molecule has 1 aromatic rings. The Balaban J connectivity index is 2.22. The lowest BCUT2D eigenvalue weighted by Gasteiger charge is -2.38.